The number of aliphatic hydroxyl groups excluding tert-OH is 1. The standard InChI is InChI=1S/C26H29F2N3O5S/c1-3-14-4-5-16-12-37(35,36)13-21(19(16)8-14)30-11-22(32)20(9-15-6-17(27)10-18(28)7-15)31-24-23(29-2)25(33)26(24)34/h4-8,10,20-22,29-32H,3,9,11-13H2,1-2H3. The minimum atomic E-state index is -3.37. The monoisotopic (exact) mass is 533 g/mol. The van der Waals surface area contributed by atoms with Crippen LogP contribution in [-0.4, -0.2) is 45.0 Å². The molecule has 0 saturated heterocycles. The zero-order valence-corrected chi connectivity index (χ0v) is 21.3. The summed E-state index contributed by atoms with van der Waals surface area (Å²) in [7, 11) is -1.90. The number of hydrogen-bond acceptors (Lipinski definition) is 8. The van der Waals surface area contributed by atoms with E-state index >= 15 is 0 Å². The Morgan fingerprint density at radius 1 is 1.03 bits per heavy atom. The van der Waals surface area contributed by atoms with Crippen LogP contribution in [0.5, 0.6) is 0 Å². The van der Waals surface area contributed by atoms with Crippen LogP contribution < -0.4 is 26.8 Å². The van der Waals surface area contributed by atoms with Crippen molar-refractivity contribution in [2.75, 3.05) is 30.0 Å². The third kappa shape index (κ3) is 5.89. The Morgan fingerprint density at radius 3 is 2.35 bits per heavy atom. The fourth-order valence-electron chi connectivity index (χ4n) is 4.75. The summed E-state index contributed by atoms with van der Waals surface area (Å²) in [5.74, 6) is -1.78. The van der Waals surface area contributed by atoms with Crippen LogP contribution in [0.3, 0.4) is 0 Å². The summed E-state index contributed by atoms with van der Waals surface area (Å²) in [6.07, 6.45) is -0.511. The van der Waals surface area contributed by atoms with Gasteiger partial charge in [0.05, 0.1) is 23.7 Å². The maximum absolute atomic E-state index is 13.8. The largest absolute Gasteiger partial charge is 0.390 e. The van der Waals surface area contributed by atoms with Crippen molar-refractivity contribution in [2.45, 2.75) is 43.7 Å². The van der Waals surface area contributed by atoms with E-state index in [1.807, 2.05) is 25.1 Å². The van der Waals surface area contributed by atoms with Crippen molar-refractivity contribution in [1.29, 1.82) is 0 Å². The lowest BCUT2D eigenvalue weighted by atomic mass is 9.96. The second kappa shape index (κ2) is 10.7. The van der Waals surface area contributed by atoms with E-state index in [2.05, 4.69) is 16.0 Å². The normalized spacial score (nSPS) is 18.2. The molecule has 0 fully saturated rings. The smallest absolute Gasteiger partial charge is 0.253 e. The number of aryl methyl sites for hydroxylation is 1. The fraction of sp³-hybridized carbons (Fsp3) is 0.385. The third-order valence-corrected chi connectivity index (χ3v) is 8.29. The highest BCUT2D eigenvalue weighted by Crippen LogP contribution is 2.29. The molecule has 4 N–H and O–H groups in total. The average molecular weight is 534 g/mol. The third-order valence-electron chi connectivity index (χ3n) is 6.70. The molecule has 0 radical (unpaired) electrons. The zero-order chi connectivity index (χ0) is 26.9. The molecule has 3 atom stereocenters. The van der Waals surface area contributed by atoms with E-state index in [0.717, 1.165) is 35.7 Å². The van der Waals surface area contributed by atoms with Crippen molar-refractivity contribution >= 4 is 21.2 Å². The minimum absolute atomic E-state index is 0.0217. The molecular formula is C26H29F2N3O5S. The molecule has 3 aromatic carbocycles. The number of sulfone groups is 1. The van der Waals surface area contributed by atoms with Crippen LogP contribution in [0.25, 0.3) is 0 Å². The molecule has 1 aliphatic heterocycles. The van der Waals surface area contributed by atoms with E-state index in [1.165, 1.54) is 7.05 Å². The van der Waals surface area contributed by atoms with Gasteiger partial charge in [-0.2, -0.15) is 0 Å². The highest BCUT2D eigenvalue weighted by atomic mass is 32.2. The molecule has 1 heterocycles. The number of hydrogen-bond donors (Lipinski definition) is 4. The predicted molar refractivity (Wildman–Crippen MR) is 138 cm³/mol. The lowest BCUT2D eigenvalue weighted by Gasteiger charge is -2.31. The number of aliphatic hydroxyl groups is 1. The van der Waals surface area contributed by atoms with Crippen molar-refractivity contribution in [3.63, 3.8) is 0 Å². The molecule has 0 spiro atoms. The molecule has 3 unspecified atom stereocenters. The van der Waals surface area contributed by atoms with Gasteiger partial charge in [0.15, 0.2) is 9.84 Å². The van der Waals surface area contributed by atoms with Gasteiger partial charge in [-0.25, -0.2) is 17.2 Å². The Balaban J connectivity index is 1.58. The lowest BCUT2D eigenvalue weighted by Crippen LogP contribution is -2.47. The molecule has 0 aliphatic carbocycles. The van der Waals surface area contributed by atoms with E-state index in [1.54, 1.807) is 0 Å². The Kier molecular flexibility index (Phi) is 7.77. The van der Waals surface area contributed by atoms with Gasteiger partial charge in [0, 0.05) is 25.7 Å². The first-order valence-electron chi connectivity index (χ1n) is 12.0. The fourth-order valence-corrected chi connectivity index (χ4v) is 6.41. The number of halogens is 2. The Labute approximate surface area is 213 Å². The first-order valence-corrected chi connectivity index (χ1v) is 13.8. The Hall–Kier alpha value is -3.15. The van der Waals surface area contributed by atoms with E-state index in [-0.39, 0.29) is 41.4 Å². The molecule has 3 aromatic rings. The molecular weight excluding hydrogens is 504 g/mol. The number of rotatable bonds is 10. The van der Waals surface area contributed by atoms with Gasteiger partial charge in [0.1, 0.15) is 23.0 Å². The van der Waals surface area contributed by atoms with Crippen molar-refractivity contribution in [2.24, 2.45) is 0 Å². The first kappa shape index (κ1) is 26.9. The molecule has 1 aliphatic rings. The van der Waals surface area contributed by atoms with E-state index in [0.29, 0.717) is 5.56 Å². The summed E-state index contributed by atoms with van der Waals surface area (Å²) >= 11 is 0. The van der Waals surface area contributed by atoms with Crippen molar-refractivity contribution in [1.82, 2.24) is 5.32 Å². The molecule has 4 rings (SSSR count). The van der Waals surface area contributed by atoms with Crippen molar-refractivity contribution in [3.05, 3.63) is 90.7 Å². The summed E-state index contributed by atoms with van der Waals surface area (Å²) in [6.45, 7) is 1.91. The lowest BCUT2D eigenvalue weighted by molar-refractivity contribution is 0.145. The van der Waals surface area contributed by atoms with Gasteiger partial charge in [0.25, 0.3) is 10.9 Å². The first-order chi connectivity index (χ1) is 17.5. The van der Waals surface area contributed by atoms with E-state index in [9.17, 15) is 31.9 Å². The van der Waals surface area contributed by atoms with Crippen LogP contribution in [0.4, 0.5) is 20.2 Å². The topological polar surface area (TPSA) is 125 Å². The van der Waals surface area contributed by atoms with E-state index in [4.69, 9.17) is 0 Å². The highest BCUT2D eigenvalue weighted by Gasteiger charge is 2.32. The minimum Gasteiger partial charge on any atom is -0.390 e. The molecule has 37 heavy (non-hydrogen) atoms. The highest BCUT2D eigenvalue weighted by molar-refractivity contribution is 7.90. The van der Waals surface area contributed by atoms with Crippen molar-refractivity contribution < 1.29 is 22.3 Å². The number of benzene rings is 2. The van der Waals surface area contributed by atoms with Crippen molar-refractivity contribution in [3.8, 4) is 0 Å². The van der Waals surface area contributed by atoms with Gasteiger partial charge in [0.2, 0.25) is 0 Å². The van der Waals surface area contributed by atoms with Crippen LogP contribution in [0.15, 0.2) is 46.0 Å². The zero-order valence-electron chi connectivity index (χ0n) is 20.5. The quantitative estimate of drug-likeness (QED) is 0.291. The van der Waals surface area contributed by atoms with Crippen LogP contribution in [-0.2, 0) is 28.4 Å². The molecule has 8 nitrogen and oxygen atoms in total. The van der Waals surface area contributed by atoms with Gasteiger partial charge in [-0.05, 0) is 47.2 Å². The van der Waals surface area contributed by atoms with Gasteiger partial charge in [-0.15, -0.1) is 0 Å². The summed E-state index contributed by atoms with van der Waals surface area (Å²) < 4.78 is 52.7. The number of nitrogens with one attached hydrogen (secondary N) is 3. The van der Waals surface area contributed by atoms with E-state index < -0.39 is 50.5 Å². The predicted octanol–water partition coefficient (Wildman–Crippen LogP) is 1.81. The number of fused-ring (bicyclic) bond motifs is 1. The van der Waals surface area contributed by atoms with Crippen LogP contribution >= 0.6 is 0 Å². The van der Waals surface area contributed by atoms with Crippen LogP contribution in [0.1, 0.15) is 35.2 Å². The molecule has 0 aromatic heterocycles. The maximum Gasteiger partial charge on any atom is 0.253 e. The van der Waals surface area contributed by atoms with Gasteiger partial charge < -0.3 is 21.1 Å². The van der Waals surface area contributed by atoms with Gasteiger partial charge in [-0.3, -0.25) is 9.59 Å². The molecule has 11 heteroatoms. The van der Waals surface area contributed by atoms with Gasteiger partial charge in [-0.1, -0.05) is 25.1 Å². The Bertz CT molecular complexity index is 1460. The molecule has 0 bridgehead atoms. The second-order valence-corrected chi connectivity index (χ2v) is 11.5. The molecule has 0 amide bonds. The molecule has 0 saturated carbocycles. The summed E-state index contributed by atoms with van der Waals surface area (Å²) in [5.41, 5.74) is 1.39. The summed E-state index contributed by atoms with van der Waals surface area (Å²) in [6, 6.07) is 7.14. The second-order valence-electron chi connectivity index (χ2n) is 9.36. The SMILES string of the molecule is CCc1ccc2c(c1)C(NCC(O)C(Cc1cc(F)cc(F)c1)Nc1c(NC)c(=O)c1=O)CS(=O)(=O)C2. The molecule has 198 valence electrons. The average Bonchev–Trinajstić information content (AvgIpc) is 2.84. The van der Waals surface area contributed by atoms with Gasteiger partial charge >= 0.3 is 0 Å². The Morgan fingerprint density at radius 2 is 1.70 bits per heavy atom. The number of anilines is 2. The summed E-state index contributed by atoms with van der Waals surface area (Å²) in [4.78, 5) is 24.0. The maximum atomic E-state index is 13.8. The van der Waals surface area contributed by atoms with Crippen LogP contribution in [0, 0.1) is 11.6 Å². The summed E-state index contributed by atoms with van der Waals surface area (Å²) in [5, 5.41) is 19.7. The van der Waals surface area contributed by atoms with Crippen LogP contribution in [0.2, 0.25) is 0 Å².